The molecule has 4 heteroatoms. The molecule has 0 aromatic heterocycles. The van der Waals surface area contributed by atoms with Gasteiger partial charge in [-0.25, -0.2) is 0 Å². The average Bonchev–Trinajstić information content (AvgIpc) is 2.58. The number of hydrogen-bond donors (Lipinski definition) is 1. The van der Waals surface area contributed by atoms with Crippen molar-refractivity contribution < 1.29 is 4.74 Å². The predicted molar refractivity (Wildman–Crippen MR) is 103 cm³/mol. The van der Waals surface area contributed by atoms with Crippen LogP contribution < -0.4 is 10.1 Å². The van der Waals surface area contributed by atoms with E-state index >= 15 is 0 Å². The fraction of sp³-hybridized carbons (Fsp3) is 0.400. The maximum Gasteiger partial charge on any atom is 0.124 e. The third-order valence-corrected chi connectivity index (χ3v) is 4.49. The first-order valence-electron chi connectivity index (χ1n) is 8.56. The molecular formula is C20H25Cl2NO. The maximum absolute atomic E-state index is 6.19. The Labute approximate surface area is 155 Å². The zero-order chi connectivity index (χ0) is 17.2. The van der Waals surface area contributed by atoms with Gasteiger partial charge in [0.15, 0.2) is 0 Å². The summed E-state index contributed by atoms with van der Waals surface area (Å²) >= 11 is 12.3. The molecular weight excluding hydrogens is 341 g/mol. The van der Waals surface area contributed by atoms with Crippen LogP contribution in [0.15, 0.2) is 42.5 Å². The molecule has 0 spiro atoms. The molecule has 0 amide bonds. The number of unbranched alkanes of at least 4 members (excludes halogenated alkanes) is 3. The molecule has 2 aromatic carbocycles. The molecule has 130 valence electrons. The van der Waals surface area contributed by atoms with Crippen LogP contribution in [-0.2, 0) is 13.2 Å². The summed E-state index contributed by atoms with van der Waals surface area (Å²) in [6, 6.07) is 13.5. The number of nitrogens with one attached hydrogen (secondary N) is 1. The van der Waals surface area contributed by atoms with Crippen LogP contribution in [-0.4, -0.2) is 6.54 Å². The molecule has 0 atom stereocenters. The normalized spacial score (nSPS) is 10.8. The molecule has 0 aliphatic rings. The minimum Gasteiger partial charge on any atom is -0.489 e. The number of halogens is 2. The lowest BCUT2D eigenvalue weighted by Gasteiger charge is -2.13. The van der Waals surface area contributed by atoms with Crippen LogP contribution in [0.1, 0.15) is 43.7 Å². The molecule has 0 aliphatic carbocycles. The topological polar surface area (TPSA) is 21.3 Å². The van der Waals surface area contributed by atoms with E-state index in [2.05, 4.69) is 12.2 Å². The summed E-state index contributed by atoms with van der Waals surface area (Å²) in [4.78, 5) is 0. The van der Waals surface area contributed by atoms with Crippen LogP contribution in [0.5, 0.6) is 5.75 Å². The zero-order valence-electron chi connectivity index (χ0n) is 14.2. The molecule has 2 nitrogen and oxygen atoms in total. The van der Waals surface area contributed by atoms with Crippen molar-refractivity contribution in [3.63, 3.8) is 0 Å². The van der Waals surface area contributed by atoms with Crippen molar-refractivity contribution in [3.8, 4) is 5.75 Å². The van der Waals surface area contributed by atoms with E-state index in [1.54, 1.807) is 0 Å². The van der Waals surface area contributed by atoms with Gasteiger partial charge in [-0.05, 0) is 37.2 Å². The summed E-state index contributed by atoms with van der Waals surface area (Å²) in [6.45, 7) is 4.44. The lowest BCUT2D eigenvalue weighted by Crippen LogP contribution is -2.15. The molecule has 0 saturated carbocycles. The van der Waals surface area contributed by atoms with Crippen LogP contribution in [0.2, 0.25) is 10.0 Å². The summed E-state index contributed by atoms with van der Waals surface area (Å²) < 4.78 is 5.97. The van der Waals surface area contributed by atoms with E-state index in [4.69, 9.17) is 27.9 Å². The smallest absolute Gasteiger partial charge is 0.124 e. The molecule has 0 unspecified atom stereocenters. The summed E-state index contributed by atoms with van der Waals surface area (Å²) in [7, 11) is 0. The number of ether oxygens (including phenoxy) is 1. The Morgan fingerprint density at radius 3 is 2.58 bits per heavy atom. The molecule has 0 saturated heterocycles. The Morgan fingerprint density at radius 1 is 0.958 bits per heavy atom. The van der Waals surface area contributed by atoms with Crippen LogP contribution in [0.4, 0.5) is 0 Å². The Morgan fingerprint density at radius 2 is 1.79 bits per heavy atom. The van der Waals surface area contributed by atoms with Gasteiger partial charge < -0.3 is 10.1 Å². The van der Waals surface area contributed by atoms with Gasteiger partial charge >= 0.3 is 0 Å². The highest BCUT2D eigenvalue weighted by molar-refractivity contribution is 6.31. The van der Waals surface area contributed by atoms with Crippen molar-refractivity contribution in [1.82, 2.24) is 5.32 Å². The van der Waals surface area contributed by atoms with Gasteiger partial charge in [0.1, 0.15) is 12.4 Å². The van der Waals surface area contributed by atoms with Gasteiger partial charge in [0.05, 0.1) is 0 Å². The second-order valence-electron chi connectivity index (χ2n) is 5.87. The van der Waals surface area contributed by atoms with Crippen LogP contribution in [0, 0.1) is 0 Å². The van der Waals surface area contributed by atoms with Gasteiger partial charge in [0, 0.05) is 27.7 Å². The number of hydrogen-bond acceptors (Lipinski definition) is 2. The molecule has 0 aliphatic heterocycles. The van der Waals surface area contributed by atoms with Gasteiger partial charge in [0.25, 0.3) is 0 Å². The average molecular weight is 366 g/mol. The summed E-state index contributed by atoms with van der Waals surface area (Å²) in [6.07, 6.45) is 5.03. The first-order valence-corrected chi connectivity index (χ1v) is 9.31. The van der Waals surface area contributed by atoms with Crippen molar-refractivity contribution in [2.75, 3.05) is 6.54 Å². The van der Waals surface area contributed by atoms with Crippen molar-refractivity contribution >= 4 is 23.2 Å². The summed E-state index contributed by atoms with van der Waals surface area (Å²) in [5.74, 6) is 0.848. The van der Waals surface area contributed by atoms with Crippen molar-refractivity contribution in [2.45, 2.75) is 45.8 Å². The molecule has 0 heterocycles. The van der Waals surface area contributed by atoms with Gasteiger partial charge in [-0.3, -0.25) is 0 Å². The summed E-state index contributed by atoms with van der Waals surface area (Å²) in [5, 5.41) is 4.92. The number of rotatable bonds is 10. The fourth-order valence-corrected chi connectivity index (χ4v) is 2.88. The predicted octanol–water partition coefficient (Wildman–Crippen LogP) is 6.24. The standard InChI is InChI=1S/C20H25Cl2NO/c1-2-3-4-7-12-23-14-17-13-18(21)10-11-20(17)24-15-16-8-5-6-9-19(16)22/h5-6,8-11,13,23H,2-4,7,12,14-15H2,1H3. The SMILES string of the molecule is CCCCCCNCc1cc(Cl)ccc1OCc1ccccc1Cl. The highest BCUT2D eigenvalue weighted by Gasteiger charge is 2.07. The van der Waals surface area contributed by atoms with E-state index in [9.17, 15) is 0 Å². The van der Waals surface area contributed by atoms with Gasteiger partial charge in [0.2, 0.25) is 0 Å². The first-order chi connectivity index (χ1) is 11.7. The van der Waals surface area contributed by atoms with Crippen molar-refractivity contribution in [1.29, 1.82) is 0 Å². The van der Waals surface area contributed by atoms with E-state index in [-0.39, 0.29) is 0 Å². The maximum atomic E-state index is 6.19. The van der Waals surface area contributed by atoms with Gasteiger partial charge in [-0.15, -0.1) is 0 Å². The van der Waals surface area contributed by atoms with Crippen molar-refractivity contribution in [2.24, 2.45) is 0 Å². The minimum atomic E-state index is 0.449. The molecule has 2 aromatic rings. The quantitative estimate of drug-likeness (QED) is 0.503. The lowest BCUT2D eigenvalue weighted by molar-refractivity contribution is 0.302. The Kier molecular flexibility index (Phi) is 8.44. The second-order valence-corrected chi connectivity index (χ2v) is 6.71. The van der Waals surface area contributed by atoms with Gasteiger partial charge in [-0.2, -0.15) is 0 Å². The van der Waals surface area contributed by atoms with Gasteiger partial charge in [-0.1, -0.05) is 67.6 Å². The summed E-state index contributed by atoms with van der Waals surface area (Å²) in [5.41, 5.74) is 2.05. The highest BCUT2D eigenvalue weighted by atomic mass is 35.5. The molecule has 0 bridgehead atoms. The lowest BCUT2D eigenvalue weighted by atomic mass is 10.1. The Balaban J connectivity index is 1.91. The third-order valence-electron chi connectivity index (χ3n) is 3.89. The monoisotopic (exact) mass is 365 g/mol. The third kappa shape index (κ3) is 6.35. The molecule has 0 radical (unpaired) electrons. The molecule has 1 N–H and O–H groups in total. The minimum absolute atomic E-state index is 0.449. The molecule has 2 rings (SSSR count). The van der Waals surface area contributed by atoms with E-state index < -0.39 is 0 Å². The Hall–Kier alpha value is -1.22. The first kappa shape index (κ1) is 19.1. The Bertz CT molecular complexity index is 631. The van der Waals surface area contributed by atoms with E-state index in [1.165, 1.54) is 25.7 Å². The van der Waals surface area contributed by atoms with Crippen LogP contribution >= 0.6 is 23.2 Å². The van der Waals surface area contributed by atoms with E-state index in [0.29, 0.717) is 6.61 Å². The highest BCUT2D eigenvalue weighted by Crippen LogP contribution is 2.25. The largest absolute Gasteiger partial charge is 0.489 e. The fourth-order valence-electron chi connectivity index (χ4n) is 2.50. The van der Waals surface area contributed by atoms with Crippen LogP contribution in [0.3, 0.4) is 0 Å². The van der Waals surface area contributed by atoms with E-state index in [0.717, 1.165) is 40.0 Å². The van der Waals surface area contributed by atoms with Crippen LogP contribution in [0.25, 0.3) is 0 Å². The molecule has 24 heavy (non-hydrogen) atoms. The second kappa shape index (κ2) is 10.6. The van der Waals surface area contributed by atoms with E-state index in [1.807, 2.05) is 42.5 Å². The van der Waals surface area contributed by atoms with Crippen molar-refractivity contribution in [3.05, 3.63) is 63.6 Å². The zero-order valence-corrected chi connectivity index (χ0v) is 15.7. The molecule has 0 fully saturated rings. The number of benzene rings is 2.